The molecule has 1 aromatic heterocycles. The molecule has 0 bridgehead atoms. The van der Waals surface area contributed by atoms with Crippen LogP contribution in [0.4, 0.5) is 0 Å². The van der Waals surface area contributed by atoms with E-state index >= 15 is 0 Å². The van der Waals surface area contributed by atoms with Gasteiger partial charge in [-0.05, 0) is 12.1 Å². The molecule has 0 aliphatic carbocycles. The summed E-state index contributed by atoms with van der Waals surface area (Å²) in [7, 11) is 0. The van der Waals surface area contributed by atoms with E-state index in [9.17, 15) is 4.79 Å². The molecule has 1 rings (SSSR count). The summed E-state index contributed by atoms with van der Waals surface area (Å²) in [5, 5.41) is 8.61. The van der Waals surface area contributed by atoms with Gasteiger partial charge in [0.15, 0.2) is 5.78 Å². The zero-order valence-corrected chi connectivity index (χ0v) is 6.45. The first kappa shape index (κ1) is 8.01. The Morgan fingerprint density at radius 3 is 3.00 bits per heavy atom. The maximum atomic E-state index is 10.9. The van der Waals surface area contributed by atoms with Crippen molar-refractivity contribution < 1.29 is 9.90 Å². The standard InChI is InChI=1S/C8H11NO2/c1-7(11)8-3-2-4-9(8)5-6-10/h2-4,10H,5-6H2,1H3. The normalized spacial score (nSPS) is 10.0. The number of Topliss-reactive ketones (excluding diaryl/α,β-unsaturated/α-hetero) is 1. The number of aliphatic hydroxyl groups excluding tert-OH is 1. The molecule has 0 fully saturated rings. The zero-order valence-electron chi connectivity index (χ0n) is 6.45. The smallest absolute Gasteiger partial charge is 0.176 e. The molecule has 3 heteroatoms. The van der Waals surface area contributed by atoms with Crippen LogP contribution in [0.2, 0.25) is 0 Å². The number of aliphatic hydroxyl groups is 1. The van der Waals surface area contributed by atoms with E-state index in [1.54, 1.807) is 22.9 Å². The topological polar surface area (TPSA) is 42.2 Å². The highest BCUT2D eigenvalue weighted by Gasteiger charge is 2.03. The third-order valence-corrected chi connectivity index (χ3v) is 1.53. The maximum absolute atomic E-state index is 10.9. The van der Waals surface area contributed by atoms with Crippen molar-refractivity contribution in [3.63, 3.8) is 0 Å². The minimum Gasteiger partial charge on any atom is -0.395 e. The Kier molecular flexibility index (Phi) is 2.44. The molecule has 3 nitrogen and oxygen atoms in total. The summed E-state index contributed by atoms with van der Waals surface area (Å²) in [6, 6.07) is 3.55. The van der Waals surface area contributed by atoms with Crippen molar-refractivity contribution in [2.24, 2.45) is 0 Å². The van der Waals surface area contributed by atoms with E-state index in [0.717, 1.165) is 0 Å². The van der Waals surface area contributed by atoms with Gasteiger partial charge in [0.25, 0.3) is 0 Å². The Balaban J connectivity index is 2.87. The highest BCUT2D eigenvalue weighted by Crippen LogP contribution is 2.02. The van der Waals surface area contributed by atoms with Crippen molar-refractivity contribution in [1.29, 1.82) is 0 Å². The Bertz CT molecular complexity index is 252. The average Bonchev–Trinajstić information content (AvgIpc) is 2.36. The lowest BCUT2D eigenvalue weighted by Crippen LogP contribution is -2.07. The number of nitrogens with zero attached hydrogens (tertiary/aromatic N) is 1. The molecule has 0 saturated heterocycles. The van der Waals surface area contributed by atoms with E-state index in [1.807, 2.05) is 0 Å². The molecule has 0 saturated carbocycles. The Morgan fingerprint density at radius 2 is 2.45 bits per heavy atom. The van der Waals surface area contributed by atoms with Gasteiger partial charge in [0, 0.05) is 19.7 Å². The molecule has 0 aliphatic rings. The van der Waals surface area contributed by atoms with Crippen LogP contribution >= 0.6 is 0 Å². The maximum Gasteiger partial charge on any atom is 0.176 e. The molecule has 0 aromatic carbocycles. The summed E-state index contributed by atoms with van der Waals surface area (Å²) in [5.41, 5.74) is 0.652. The first-order chi connectivity index (χ1) is 5.25. The zero-order chi connectivity index (χ0) is 8.27. The molecule has 0 atom stereocenters. The van der Waals surface area contributed by atoms with Crippen LogP contribution in [0.25, 0.3) is 0 Å². The van der Waals surface area contributed by atoms with Gasteiger partial charge in [0.2, 0.25) is 0 Å². The fourth-order valence-corrected chi connectivity index (χ4v) is 1.04. The summed E-state index contributed by atoms with van der Waals surface area (Å²) in [4.78, 5) is 10.9. The summed E-state index contributed by atoms with van der Waals surface area (Å²) in [6.07, 6.45) is 1.78. The lowest BCUT2D eigenvalue weighted by molar-refractivity contribution is 0.100. The van der Waals surface area contributed by atoms with Crippen LogP contribution in [-0.2, 0) is 6.54 Å². The highest BCUT2D eigenvalue weighted by atomic mass is 16.3. The molecule has 0 spiro atoms. The fourth-order valence-electron chi connectivity index (χ4n) is 1.04. The summed E-state index contributed by atoms with van der Waals surface area (Å²) < 4.78 is 1.74. The average molecular weight is 153 g/mol. The third kappa shape index (κ3) is 1.68. The highest BCUT2D eigenvalue weighted by molar-refractivity contribution is 5.92. The number of aromatic nitrogens is 1. The van der Waals surface area contributed by atoms with Crippen LogP contribution < -0.4 is 0 Å². The molecule has 11 heavy (non-hydrogen) atoms. The SMILES string of the molecule is CC(=O)c1cccn1CCO. The quantitative estimate of drug-likeness (QED) is 0.649. The van der Waals surface area contributed by atoms with Crippen LogP contribution in [0.15, 0.2) is 18.3 Å². The van der Waals surface area contributed by atoms with Gasteiger partial charge in [-0.1, -0.05) is 0 Å². The van der Waals surface area contributed by atoms with E-state index < -0.39 is 0 Å². The molecule has 0 radical (unpaired) electrons. The van der Waals surface area contributed by atoms with Gasteiger partial charge in [0.05, 0.1) is 12.3 Å². The minimum absolute atomic E-state index is 0.0310. The predicted molar refractivity (Wildman–Crippen MR) is 41.5 cm³/mol. The van der Waals surface area contributed by atoms with E-state index in [0.29, 0.717) is 12.2 Å². The van der Waals surface area contributed by atoms with Crippen molar-refractivity contribution in [3.8, 4) is 0 Å². The fraction of sp³-hybridized carbons (Fsp3) is 0.375. The molecular formula is C8H11NO2. The van der Waals surface area contributed by atoms with Crippen molar-refractivity contribution >= 4 is 5.78 Å². The summed E-state index contributed by atoms with van der Waals surface area (Å²) >= 11 is 0. The van der Waals surface area contributed by atoms with Gasteiger partial charge in [-0.2, -0.15) is 0 Å². The number of rotatable bonds is 3. The van der Waals surface area contributed by atoms with Crippen molar-refractivity contribution in [2.75, 3.05) is 6.61 Å². The Labute approximate surface area is 65.3 Å². The summed E-state index contributed by atoms with van der Waals surface area (Å²) in [5.74, 6) is 0.0310. The van der Waals surface area contributed by atoms with Crippen molar-refractivity contribution in [3.05, 3.63) is 24.0 Å². The molecule has 60 valence electrons. The molecule has 0 amide bonds. The van der Waals surface area contributed by atoms with E-state index in [-0.39, 0.29) is 12.4 Å². The molecule has 1 aromatic rings. The molecule has 1 N–H and O–H groups in total. The Morgan fingerprint density at radius 1 is 1.73 bits per heavy atom. The molecule has 0 aliphatic heterocycles. The summed E-state index contributed by atoms with van der Waals surface area (Å²) in [6.45, 7) is 2.07. The second-order valence-electron chi connectivity index (χ2n) is 2.37. The van der Waals surface area contributed by atoms with E-state index in [2.05, 4.69) is 0 Å². The lowest BCUT2D eigenvalue weighted by atomic mass is 10.3. The van der Waals surface area contributed by atoms with Crippen LogP contribution in [0.5, 0.6) is 0 Å². The monoisotopic (exact) mass is 153 g/mol. The number of carbonyl (C=O) groups is 1. The largest absolute Gasteiger partial charge is 0.395 e. The van der Waals surface area contributed by atoms with Crippen LogP contribution in [0.3, 0.4) is 0 Å². The molecular weight excluding hydrogens is 142 g/mol. The van der Waals surface area contributed by atoms with Gasteiger partial charge in [0.1, 0.15) is 0 Å². The molecule has 1 heterocycles. The van der Waals surface area contributed by atoms with Crippen molar-refractivity contribution in [2.45, 2.75) is 13.5 Å². The number of carbonyl (C=O) groups excluding carboxylic acids is 1. The van der Waals surface area contributed by atoms with Crippen LogP contribution in [-0.4, -0.2) is 22.1 Å². The van der Waals surface area contributed by atoms with Gasteiger partial charge in [-0.15, -0.1) is 0 Å². The van der Waals surface area contributed by atoms with Crippen molar-refractivity contribution in [1.82, 2.24) is 4.57 Å². The van der Waals surface area contributed by atoms with E-state index in [4.69, 9.17) is 5.11 Å². The number of hydrogen-bond acceptors (Lipinski definition) is 2. The van der Waals surface area contributed by atoms with Crippen LogP contribution in [0, 0.1) is 0 Å². The minimum atomic E-state index is 0.0310. The lowest BCUT2D eigenvalue weighted by Gasteiger charge is -2.02. The second-order valence-corrected chi connectivity index (χ2v) is 2.37. The van der Waals surface area contributed by atoms with Gasteiger partial charge in [-0.25, -0.2) is 0 Å². The number of ketones is 1. The third-order valence-electron chi connectivity index (χ3n) is 1.53. The van der Waals surface area contributed by atoms with E-state index in [1.165, 1.54) is 6.92 Å². The second kappa shape index (κ2) is 3.34. The predicted octanol–water partition coefficient (Wildman–Crippen LogP) is 0.683. The van der Waals surface area contributed by atoms with Gasteiger partial charge >= 0.3 is 0 Å². The van der Waals surface area contributed by atoms with Gasteiger partial charge in [-0.3, -0.25) is 4.79 Å². The van der Waals surface area contributed by atoms with Gasteiger partial charge < -0.3 is 9.67 Å². The first-order valence-corrected chi connectivity index (χ1v) is 3.52. The first-order valence-electron chi connectivity index (χ1n) is 3.52. The molecule has 0 unspecified atom stereocenters. The Hall–Kier alpha value is -1.09. The van der Waals surface area contributed by atoms with Crippen LogP contribution in [0.1, 0.15) is 17.4 Å². The number of hydrogen-bond donors (Lipinski definition) is 1.